The Morgan fingerprint density at radius 1 is 1.07 bits per heavy atom. The maximum absolute atomic E-state index is 12.6. The Bertz CT molecular complexity index is 1250. The molecule has 2 aromatic heterocycles. The highest BCUT2D eigenvalue weighted by molar-refractivity contribution is 6.08. The van der Waals surface area contributed by atoms with Crippen molar-refractivity contribution in [1.82, 2.24) is 0 Å². The van der Waals surface area contributed by atoms with Gasteiger partial charge in [-0.3, -0.25) is 4.79 Å². The largest absolute Gasteiger partial charge is 0.619 e. The minimum atomic E-state index is -1.08. The van der Waals surface area contributed by atoms with E-state index in [0.717, 1.165) is 16.4 Å². The van der Waals surface area contributed by atoms with Crippen LogP contribution in [0.1, 0.15) is 17.3 Å². The van der Waals surface area contributed by atoms with E-state index in [1.807, 2.05) is 24.3 Å². The van der Waals surface area contributed by atoms with Crippen molar-refractivity contribution in [2.24, 2.45) is 0 Å². The average molecular weight is 406 g/mol. The van der Waals surface area contributed by atoms with Gasteiger partial charge in [0.25, 0.3) is 5.91 Å². The van der Waals surface area contributed by atoms with E-state index in [2.05, 4.69) is 5.32 Å². The SMILES string of the molecule is COc1cc2c(cc1NC(=O)[C@@H](C)OC(=O)c1cc[n+]([O-])cc1)oc1ccccc12. The number of carbonyl (C=O) groups excluding carboxylic acids is 2. The van der Waals surface area contributed by atoms with Crippen LogP contribution in [0, 0.1) is 5.21 Å². The van der Waals surface area contributed by atoms with E-state index >= 15 is 0 Å². The Morgan fingerprint density at radius 3 is 2.53 bits per heavy atom. The van der Waals surface area contributed by atoms with Gasteiger partial charge < -0.3 is 24.4 Å². The highest BCUT2D eigenvalue weighted by Crippen LogP contribution is 2.36. The Hall–Kier alpha value is -4.07. The van der Waals surface area contributed by atoms with E-state index in [-0.39, 0.29) is 5.56 Å². The first kappa shape index (κ1) is 19.3. The van der Waals surface area contributed by atoms with Gasteiger partial charge in [-0.1, -0.05) is 18.2 Å². The number of aromatic nitrogens is 1. The van der Waals surface area contributed by atoms with Crippen LogP contribution in [-0.4, -0.2) is 25.1 Å². The average Bonchev–Trinajstić information content (AvgIpc) is 3.10. The number of methoxy groups -OCH3 is 1. The molecule has 2 aromatic carbocycles. The number of hydrogen-bond donors (Lipinski definition) is 1. The number of furan rings is 1. The van der Waals surface area contributed by atoms with Crippen LogP contribution < -0.4 is 14.8 Å². The van der Waals surface area contributed by atoms with Crippen LogP contribution in [-0.2, 0) is 9.53 Å². The second kappa shape index (κ2) is 7.75. The molecule has 2 heterocycles. The van der Waals surface area contributed by atoms with Crippen molar-refractivity contribution in [2.75, 3.05) is 12.4 Å². The van der Waals surface area contributed by atoms with Crippen LogP contribution in [0.25, 0.3) is 21.9 Å². The van der Waals surface area contributed by atoms with Crippen LogP contribution in [0.3, 0.4) is 0 Å². The zero-order valence-electron chi connectivity index (χ0n) is 16.2. The molecule has 8 nitrogen and oxygen atoms in total. The third-order valence-electron chi connectivity index (χ3n) is 4.65. The zero-order chi connectivity index (χ0) is 21.3. The summed E-state index contributed by atoms with van der Waals surface area (Å²) in [5.74, 6) is -0.797. The van der Waals surface area contributed by atoms with Gasteiger partial charge >= 0.3 is 5.97 Å². The highest BCUT2D eigenvalue weighted by atomic mass is 16.5. The lowest BCUT2D eigenvalue weighted by Gasteiger charge is -2.15. The van der Waals surface area contributed by atoms with Gasteiger partial charge in [0.15, 0.2) is 18.5 Å². The predicted octanol–water partition coefficient (Wildman–Crippen LogP) is 3.41. The number of amides is 1. The Kier molecular flexibility index (Phi) is 4.97. The molecule has 0 unspecified atom stereocenters. The van der Waals surface area contributed by atoms with Gasteiger partial charge in [0.1, 0.15) is 16.9 Å². The lowest BCUT2D eigenvalue weighted by atomic mass is 10.1. The molecule has 4 aromatic rings. The van der Waals surface area contributed by atoms with Gasteiger partial charge in [-0.2, -0.15) is 4.73 Å². The van der Waals surface area contributed by atoms with E-state index in [4.69, 9.17) is 13.9 Å². The van der Waals surface area contributed by atoms with E-state index in [1.54, 1.807) is 12.1 Å². The standard InChI is InChI=1S/C22H18N2O6/c1-13(29-22(26)14-7-9-24(27)10-8-14)21(25)23-17-12-19-16(11-20(17)28-2)15-5-3-4-6-18(15)30-19/h3-13H,1-2H3,(H,23,25)/t13-/m1/s1. The Labute approximate surface area is 171 Å². The minimum Gasteiger partial charge on any atom is -0.619 e. The minimum absolute atomic E-state index is 0.169. The second-order valence-corrected chi connectivity index (χ2v) is 6.63. The number of anilines is 1. The number of fused-ring (bicyclic) bond motifs is 3. The number of esters is 1. The molecule has 4 rings (SSSR count). The van der Waals surface area contributed by atoms with Gasteiger partial charge in [0.2, 0.25) is 0 Å². The third-order valence-corrected chi connectivity index (χ3v) is 4.65. The maximum Gasteiger partial charge on any atom is 0.339 e. The molecule has 152 valence electrons. The Morgan fingerprint density at radius 2 is 1.80 bits per heavy atom. The van der Waals surface area contributed by atoms with Crippen molar-refractivity contribution in [1.29, 1.82) is 0 Å². The zero-order valence-corrected chi connectivity index (χ0v) is 16.2. The van der Waals surface area contributed by atoms with E-state index < -0.39 is 18.0 Å². The summed E-state index contributed by atoms with van der Waals surface area (Å²) < 4.78 is 17.0. The molecule has 0 fully saturated rings. The van der Waals surface area contributed by atoms with Crippen molar-refractivity contribution >= 4 is 39.5 Å². The molecule has 0 bridgehead atoms. The molecule has 0 spiro atoms. The van der Waals surface area contributed by atoms with Crippen molar-refractivity contribution in [2.45, 2.75) is 13.0 Å². The van der Waals surface area contributed by atoms with Crippen LogP contribution in [0.15, 0.2) is 65.3 Å². The summed E-state index contributed by atoms with van der Waals surface area (Å²) in [6.45, 7) is 1.45. The van der Waals surface area contributed by atoms with E-state index in [1.165, 1.54) is 38.6 Å². The summed E-state index contributed by atoms with van der Waals surface area (Å²) in [7, 11) is 1.50. The van der Waals surface area contributed by atoms with Gasteiger partial charge in [0, 0.05) is 29.0 Å². The molecular formula is C22H18N2O6. The number of nitrogens with zero attached hydrogens (tertiary/aromatic N) is 1. The summed E-state index contributed by atoms with van der Waals surface area (Å²) in [5, 5.41) is 15.6. The maximum atomic E-state index is 12.6. The van der Waals surface area contributed by atoms with Gasteiger partial charge in [-0.25, -0.2) is 4.79 Å². The first-order chi connectivity index (χ1) is 14.5. The summed E-state index contributed by atoms with van der Waals surface area (Å²) >= 11 is 0. The number of nitrogens with one attached hydrogen (secondary N) is 1. The molecular weight excluding hydrogens is 388 g/mol. The number of ether oxygens (including phenoxy) is 2. The van der Waals surface area contributed by atoms with Gasteiger partial charge in [0.05, 0.1) is 18.4 Å². The van der Waals surface area contributed by atoms with Crippen molar-refractivity contribution in [3.8, 4) is 5.75 Å². The number of carbonyl (C=O) groups is 2. The quantitative estimate of drug-likeness (QED) is 0.309. The van der Waals surface area contributed by atoms with Crippen LogP contribution in [0.5, 0.6) is 5.75 Å². The fourth-order valence-corrected chi connectivity index (χ4v) is 3.08. The number of para-hydroxylation sites is 1. The molecule has 30 heavy (non-hydrogen) atoms. The summed E-state index contributed by atoms with van der Waals surface area (Å²) in [4.78, 5) is 24.7. The van der Waals surface area contributed by atoms with Crippen LogP contribution in [0.4, 0.5) is 5.69 Å². The third kappa shape index (κ3) is 3.62. The van der Waals surface area contributed by atoms with E-state index in [9.17, 15) is 14.8 Å². The molecule has 1 atom stereocenters. The van der Waals surface area contributed by atoms with Crippen molar-refractivity contribution in [3.05, 3.63) is 71.7 Å². The van der Waals surface area contributed by atoms with Crippen molar-refractivity contribution in [3.63, 3.8) is 0 Å². The topological polar surface area (TPSA) is 105 Å². The normalized spacial score (nSPS) is 11.9. The highest BCUT2D eigenvalue weighted by Gasteiger charge is 2.21. The molecule has 0 saturated carbocycles. The molecule has 0 aliphatic rings. The molecule has 8 heteroatoms. The molecule has 0 aliphatic heterocycles. The van der Waals surface area contributed by atoms with Crippen LogP contribution in [0.2, 0.25) is 0 Å². The van der Waals surface area contributed by atoms with Gasteiger partial charge in [-0.15, -0.1) is 0 Å². The number of hydrogen-bond acceptors (Lipinski definition) is 6. The molecule has 0 aliphatic carbocycles. The summed E-state index contributed by atoms with van der Waals surface area (Å²) in [6, 6.07) is 13.7. The number of rotatable bonds is 5. The molecule has 0 saturated heterocycles. The van der Waals surface area contributed by atoms with Crippen LogP contribution >= 0.6 is 0 Å². The smallest absolute Gasteiger partial charge is 0.339 e. The second-order valence-electron chi connectivity index (χ2n) is 6.63. The van der Waals surface area contributed by atoms with Gasteiger partial charge in [-0.05, 0) is 19.1 Å². The molecule has 0 radical (unpaired) electrons. The number of pyridine rings is 1. The molecule has 1 N–H and O–H groups in total. The fraction of sp³-hybridized carbons (Fsp3) is 0.136. The first-order valence-corrected chi connectivity index (χ1v) is 9.16. The predicted molar refractivity (Wildman–Crippen MR) is 109 cm³/mol. The first-order valence-electron chi connectivity index (χ1n) is 9.16. The summed E-state index contributed by atoms with van der Waals surface area (Å²) in [5.41, 5.74) is 1.88. The monoisotopic (exact) mass is 406 g/mol. The lowest BCUT2D eigenvalue weighted by Crippen LogP contribution is -2.30. The van der Waals surface area contributed by atoms with Crippen molar-refractivity contribution < 1.29 is 28.2 Å². The summed E-state index contributed by atoms with van der Waals surface area (Å²) in [6.07, 6.45) is 1.27. The van der Waals surface area contributed by atoms with E-state index in [0.29, 0.717) is 21.8 Å². The lowest BCUT2D eigenvalue weighted by molar-refractivity contribution is -0.605. The fourth-order valence-electron chi connectivity index (χ4n) is 3.08. The molecule has 1 amide bonds. The number of benzene rings is 2. The Balaban J connectivity index is 1.55.